The number of nitrogens with one attached hydrogen (secondary N) is 1. The number of halogens is 1. The van der Waals surface area contributed by atoms with Gasteiger partial charge >= 0.3 is 0 Å². The van der Waals surface area contributed by atoms with E-state index in [1.54, 1.807) is 13.2 Å². The highest BCUT2D eigenvalue weighted by molar-refractivity contribution is 7.12. The Balaban J connectivity index is 1.87. The van der Waals surface area contributed by atoms with Crippen molar-refractivity contribution in [3.63, 3.8) is 0 Å². The van der Waals surface area contributed by atoms with E-state index in [-0.39, 0.29) is 11.9 Å². The van der Waals surface area contributed by atoms with E-state index in [0.717, 1.165) is 24.4 Å². The second kappa shape index (κ2) is 6.69. The standard InChI is InChI=1S/C16H17ClN2O2S/c1-21-13-8-15(22-10-13)16(20)19-6-5-18-9-14(19)11-3-2-4-12(17)7-11/h2-4,7-8,10,14,18H,5-6,9H2,1H3. The molecule has 1 aromatic heterocycles. The third kappa shape index (κ3) is 3.11. The van der Waals surface area contributed by atoms with E-state index in [4.69, 9.17) is 16.3 Å². The predicted molar refractivity (Wildman–Crippen MR) is 89.0 cm³/mol. The third-order valence-corrected chi connectivity index (χ3v) is 4.89. The summed E-state index contributed by atoms with van der Waals surface area (Å²) in [7, 11) is 1.61. The fourth-order valence-corrected chi connectivity index (χ4v) is 3.65. The Kier molecular flexibility index (Phi) is 4.66. The molecular weight excluding hydrogens is 320 g/mol. The summed E-state index contributed by atoms with van der Waals surface area (Å²) in [5, 5.41) is 5.89. The molecule has 2 heterocycles. The summed E-state index contributed by atoms with van der Waals surface area (Å²) < 4.78 is 5.17. The Labute approximate surface area is 138 Å². The molecule has 0 bridgehead atoms. The van der Waals surface area contributed by atoms with E-state index in [9.17, 15) is 4.79 Å². The summed E-state index contributed by atoms with van der Waals surface area (Å²) in [4.78, 5) is 15.4. The molecule has 0 spiro atoms. The molecule has 6 heteroatoms. The zero-order valence-electron chi connectivity index (χ0n) is 12.2. The lowest BCUT2D eigenvalue weighted by Gasteiger charge is -2.36. The lowest BCUT2D eigenvalue weighted by atomic mass is 10.0. The fourth-order valence-electron chi connectivity index (χ4n) is 2.64. The van der Waals surface area contributed by atoms with Gasteiger partial charge in [-0.2, -0.15) is 0 Å². The minimum atomic E-state index is -0.00644. The lowest BCUT2D eigenvalue weighted by molar-refractivity contribution is 0.0639. The normalized spacial score (nSPS) is 18.3. The molecule has 116 valence electrons. The number of methoxy groups -OCH3 is 1. The first-order valence-corrected chi connectivity index (χ1v) is 8.34. The number of nitrogens with zero attached hydrogens (tertiary/aromatic N) is 1. The number of thiophene rings is 1. The number of hydrogen-bond donors (Lipinski definition) is 1. The van der Waals surface area contributed by atoms with Gasteiger partial charge in [0.1, 0.15) is 5.75 Å². The van der Waals surface area contributed by atoms with Crippen LogP contribution in [0.3, 0.4) is 0 Å². The van der Waals surface area contributed by atoms with Crippen LogP contribution in [0.15, 0.2) is 35.7 Å². The Hall–Kier alpha value is -1.56. The molecule has 22 heavy (non-hydrogen) atoms. The molecule has 0 radical (unpaired) electrons. The summed E-state index contributed by atoms with van der Waals surface area (Å²) in [5.41, 5.74) is 1.05. The molecule has 1 atom stereocenters. The Morgan fingerprint density at radius 3 is 3.05 bits per heavy atom. The third-order valence-electron chi connectivity index (χ3n) is 3.76. The number of carbonyl (C=O) groups is 1. The topological polar surface area (TPSA) is 41.6 Å². The molecule has 1 amide bonds. The number of rotatable bonds is 3. The van der Waals surface area contributed by atoms with Crippen molar-refractivity contribution >= 4 is 28.8 Å². The van der Waals surface area contributed by atoms with Gasteiger partial charge < -0.3 is 15.0 Å². The fraction of sp³-hybridized carbons (Fsp3) is 0.312. The second-order valence-corrected chi connectivity index (χ2v) is 6.47. The summed E-state index contributed by atoms with van der Waals surface area (Å²) in [6, 6.07) is 9.49. The number of carbonyl (C=O) groups excluding carboxylic acids is 1. The maximum absolute atomic E-state index is 12.8. The van der Waals surface area contributed by atoms with Crippen LogP contribution in [0.1, 0.15) is 21.3 Å². The van der Waals surface area contributed by atoms with Gasteiger partial charge in [-0.3, -0.25) is 4.79 Å². The van der Waals surface area contributed by atoms with Gasteiger partial charge in [0.05, 0.1) is 18.0 Å². The lowest BCUT2D eigenvalue weighted by Crippen LogP contribution is -2.48. The average molecular weight is 337 g/mol. The summed E-state index contributed by atoms with van der Waals surface area (Å²) in [5.74, 6) is 0.766. The number of benzene rings is 1. The van der Waals surface area contributed by atoms with Gasteiger partial charge in [0.25, 0.3) is 5.91 Å². The van der Waals surface area contributed by atoms with Crippen LogP contribution in [-0.4, -0.2) is 37.6 Å². The van der Waals surface area contributed by atoms with Crippen LogP contribution in [0.5, 0.6) is 5.75 Å². The van der Waals surface area contributed by atoms with Gasteiger partial charge in [0.15, 0.2) is 0 Å². The first-order chi connectivity index (χ1) is 10.7. The van der Waals surface area contributed by atoms with Crippen LogP contribution in [0.2, 0.25) is 5.02 Å². The molecule has 1 aliphatic rings. The monoisotopic (exact) mass is 336 g/mol. The Morgan fingerprint density at radius 1 is 1.45 bits per heavy atom. The minimum absolute atomic E-state index is 0.00644. The molecule has 1 unspecified atom stereocenters. The van der Waals surface area contributed by atoms with E-state index in [1.807, 2.05) is 34.5 Å². The van der Waals surface area contributed by atoms with Crippen molar-refractivity contribution in [3.05, 3.63) is 51.2 Å². The Bertz CT molecular complexity index is 674. The first-order valence-electron chi connectivity index (χ1n) is 7.08. The molecule has 1 aliphatic heterocycles. The van der Waals surface area contributed by atoms with Crippen molar-refractivity contribution in [1.29, 1.82) is 0 Å². The van der Waals surface area contributed by atoms with Gasteiger partial charge in [-0.25, -0.2) is 0 Å². The summed E-state index contributed by atoms with van der Waals surface area (Å²) in [6.07, 6.45) is 0. The molecule has 4 nitrogen and oxygen atoms in total. The maximum atomic E-state index is 12.8. The zero-order valence-corrected chi connectivity index (χ0v) is 13.8. The molecule has 1 fully saturated rings. The summed E-state index contributed by atoms with van der Waals surface area (Å²) in [6.45, 7) is 2.20. The Morgan fingerprint density at radius 2 is 2.32 bits per heavy atom. The van der Waals surface area contributed by atoms with Crippen molar-refractivity contribution in [1.82, 2.24) is 10.2 Å². The van der Waals surface area contributed by atoms with E-state index in [0.29, 0.717) is 16.4 Å². The maximum Gasteiger partial charge on any atom is 0.264 e. The first kappa shape index (κ1) is 15.3. The molecule has 1 saturated heterocycles. The van der Waals surface area contributed by atoms with Crippen molar-refractivity contribution < 1.29 is 9.53 Å². The smallest absolute Gasteiger partial charge is 0.264 e. The highest BCUT2D eigenvalue weighted by Crippen LogP contribution is 2.29. The molecule has 1 N–H and O–H groups in total. The highest BCUT2D eigenvalue weighted by Gasteiger charge is 2.29. The van der Waals surface area contributed by atoms with Crippen molar-refractivity contribution in [2.45, 2.75) is 6.04 Å². The van der Waals surface area contributed by atoms with Gasteiger partial charge in [-0.05, 0) is 17.7 Å². The quantitative estimate of drug-likeness (QED) is 0.936. The van der Waals surface area contributed by atoms with Crippen LogP contribution < -0.4 is 10.1 Å². The van der Waals surface area contributed by atoms with Gasteiger partial charge in [-0.15, -0.1) is 11.3 Å². The van der Waals surface area contributed by atoms with Gasteiger partial charge in [-0.1, -0.05) is 23.7 Å². The summed E-state index contributed by atoms with van der Waals surface area (Å²) >= 11 is 7.51. The number of amides is 1. The molecule has 1 aromatic carbocycles. The van der Waals surface area contributed by atoms with Gasteiger partial charge in [0, 0.05) is 36.1 Å². The van der Waals surface area contributed by atoms with Crippen LogP contribution in [0.25, 0.3) is 0 Å². The minimum Gasteiger partial charge on any atom is -0.496 e. The molecule has 2 aromatic rings. The van der Waals surface area contributed by atoms with Gasteiger partial charge in [0.2, 0.25) is 0 Å². The van der Waals surface area contributed by atoms with Crippen LogP contribution in [0, 0.1) is 0 Å². The average Bonchev–Trinajstić information content (AvgIpc) is 3.03. The van der Waals surface area contributed by atoms with E-state index >= 15 is 0 Å². The SMILES string of the molecule is COc1csc(C(=O)N2CCNCC2c2cccc(Cl)c2)c1. The number of ether oxygens (including phenoxy) is 1. The highest BCUT2D eigenvalue weighted by atomic mass is 35.5. The molecule has 0 aliphatic carbocycles. The van der Waals surface area contributed by atoms with Crippen molar-refractivity contribution in [2.75, 3.05) is 26.7 Å². The molecule has 0 saturated carbocycles. The van der Waals surface area contributed by atoms with Crippen molar-refractivity contribution in [3.8, 4) is 5.75 Å². The zero-order chi connectivity index (χ0) is 15.5. The molecule has 3 rings (SSSR count). The van der Waals surface area contributed by atoms with Crippen LogP contribution in [0.4, 0.5) is 0 Å². The van der Waals surface area contributed by atoms with Crippen LogP contribution >= 0.6 is 22.9 Å². The van der Waals surface area contributed by atoms with E-state index in [1.165, 1.54) is 11.3 Å². The van der Waals surface area contributed by atoms with Crippen molar-refractivity contribution in [2.24, 2.45) is 0 Å². The molecular formula is C16H17ClN2O2S. The second-order valence-electron chi connectivity index (χ2n) is 5.12. The largest absolute Gasteiger partial charge is 0.496 e. The van der Waals surface area contributed by atoms with E-state index in [2.05, 4.69) is 5.32 Å². The van der Waals surface area contributed by atoms with E-state index < -0.39 is 0 Å². The number of piperazine rings is 1. The van der Waals surface area contributed by atoms with Crippen LogP contribution in [-0.2, 0) is 0 Å². The number of hydrogen-bond acceptors (Lipinski definition) is 4. The predicted octanol–water partition coefficient (Wildman–Crippen LogP) is 3.20.